The van der Waals surface area contributed by atoms with E-state index in [1.165, 1.54) is 13.8 Å². The quantitative estimate of drug-likeness (QED) is 0.850. The topological polar surface area (TPSA) is 58.2 Å². The number of nitrogens with one attached hydrogen (secondary N) is 2. The Morgan fingerprint density at radius 2 is 1.22 bits per heavy atom. The molecule has 0 saturated carbocycles. The van der Waals surface area contributed by atoms with Crippen molar-refractivity contribution < 1.29 is 9.59 Å². The molecule has 2 aromatic rings. The van der Waals surface area contributed by atoms with Gasteiger partial charge in [-0.05, 0) is 22.9 Å². The predicted octanol–water partition coefficient (Wildman–Crippen LogP) is 2.76. The van der Waals surface area contributed by atoms with E-state index in [0.717, 1.165) is 10.8 Å². The first-order valence-electron chi connectivity index (χ1n) is 5.64. The molecule has 0 radical (unpaired) electrons. The van der Waals surface area contributed by atoms with Crippen molar-refractivity contribution >= 4 is 34.0 Å². The largest absolute Gasteiger partial charge is 0.325 e. The van der Waals surface area contributed by atoms with Gasteiger partial charge in [0.25, 0.3) is 0 Å². The van der Waals surface area contributed by atoms with E-state index in [1.807, 2.05) is 36.4 Å². The Morgan fingerprint density at radius 3 is 1.56 bits per heavy atom. The van der Waals surface area contributed by atoms with Crippen LogP contribution in [0, 0.1) is 0 Å². The number of anilines is 2. The van der Waals surface area contributed by atoms with Crippen molar-refractivity contribution in [3.05, 3.63) is 36.4 Å². The van der Waals surface area contributed by atoms with Crippen LogP contribution in [-0.2, 0) is 9.59 Å². The summed E-state index contributed by atoms with van der Waals surface area (Å²) in [7, 11) is 0. The second kappa shape index (κ2) is 4.87. The molecule has 4 heteroatoms. The van der Waals surface area contributed by atoms with Crippen LogP contribution in [0.25, 0.3) is 10.8 Å². The maximum Gasteiger partial charge on any atom is 0.221 e. The second-order valence-corrected chi connectivity index (χ2v) is 4.11. The highest BCUT2D eigenvalue weighted by Crippen LogP contribution is 2.28. The Kier molecular flexibility index (Phi) is 3.28. The van der Waals surface area contributed by atoms with Gasteiger partial charge in [0, 0.05) is 13.8 Å². The minimum absolute atomic E-state index is 0.170. The molecule has 2 aromatic carbocycles. The fourth-order valence-electron chi connectivity index (χ4n) is 1.83. The first-order chi connectivity index (χ1) is 8.56. The summed E-state index contributed by atoms with van der Waals surface area (Å²) in [6.45, 7) is 2.87. The maximum atomic E-state index is 11.2. The molecule has 2 N–H and O–H groups in total. The summed E-state index contributed by atoms with van der Waals surface area (Å²) in [6.07, 6.45) is 0. The number of rotatable bonds is 2. The van der Waals surface area contributed by atoms with Crippen LogP contribution in [0.4, 0.5) is 11.4 Å². The van der Waals surface area contributed by atoms with Crippen LogP contribution in [0.1, 0.15) is 13.8 Å². The van der Waals surface area contributed by atoms with Crippen LogP contribution in [0.3, 0.4) is 0 Å². The van der Waals surface area contributed by atoms with E-state index in [4.69, 9.17) is 0 Å². The molecule has 0 aliphatic carbocycles. The number of benzene rings is 2. The smallest absolute Gasteiger partial charge is 0.221 e. The number of hydrogen-bond donors (Lipinski definition) is 2. The zero-order valence-electron chi connectivity index (χ0n) is 10.3. The van der Waals surface area contributed by atoms with Crippen molar-refractivity contribution in [1.29, 1.82) is 0 Å². The standard InChI is InChI=1S/C14H14N2O2/c1-9(17)15-13-7-11-5-3-4-6-12(11)8-14(13)16-10(2)18/h3-8H,1-2H3,(H,15,17)(H,16,18). The van der Waals surface area contributed by atoms with Gasteiger partial charge in [-0.15, -0.1) is 0 Å². The summed E-state index contributed by atoms with van der Waals surface area (Å²) in [6, 6.07) is 11.5. The van der Waals surface area contributed by atoms with E-state index >= 15 is 0 Å². The molecule has 0 bridgehead atoms. The zero-order valence-corrected chi connectivity index (χ0v) is 10.3. The van der Waals surface area contributed by atoms with E-state index in [9.17, 15) is 9.59 Å². The summed E-state index contributed by atoms with van der Waals surface area (Å²) in [5.74, 6) is -0.339. The fraction of sp³-hybridized carbons (Fsp3) is 0.143. The third-order valence-corrected chi connectivity index (χ3v) is 2.51. The SMILES string of the molecule is CC(=O)Nc1cc2ccccc2cc1NC(C)=O. The molecular formula is C14H14N2O2. The van der Waals surface area contributed by atoms with Crippen LogP contribution in [0.5, 0.6) is 0 Å². The monoisotopic (exact) mass is 242 g/mol. The molecule has 18 heavy (non-hydrogen) atoms. The van der Waals surface area contributed by atoms with Gasteiger partial charge < -0.3 is 10.6 Å². The molecule has 0 aromatic heterocycles. The molecule has 0 aliphatic heterocycles. The first kappa shape index (κ1) is 12.1. The van der Waals surface area contributed by atoms with Crippen molar-refractivity contribution in [2.45, 2.75) is 13.8 Å². The van der Waals surface area contributed by atoms with Crippen molar-refractivity contribution in [1.82, 2.24) is 0 Å². The molecule has 0 atom stereocenters. The minimum atomic E-state index is -0.170. The summed E-state index contributed by atoms with van der Waals surface area (Å²) >= 11 is 0. The average Bonchev–Trinajstić information content (AvgIpc) is 2.28. The summed E-state index contributed by atoms with van der Waals surface area (Å²) in [4.78, 5) is 22.3. The average molecular weight is 242 g/mol. The molecule has 2 rings (SSSR count). The summed E-state index contributed by atoms with van der Waals surface area (Å²) in [5, 5.41) is 7.45. The molecule has 0 aliphatic rings. The first-order valence-corrected chi connectivity index (χ1v) is 5.64. The van der Waals surface area contributed by atoms with E-state index in [0.29, 0.717) is 11.4 Å². The highest BCUT2D eigenvalue weighted by molar-refractivity contribution is 6.03. The molecule has 0 unspecified atom stereocenters. The molecular weight excluding hydrogens is 228 g/mol. The summed E-state index contributed by atoms with van der Waals surface area (Å²) in [5.41, 5.74) is 1.22. The molecule has 0 fully saturated rings. The lowest BCUT2D eigenvalue weighted by Gasteiger charge is -2.12. The minimum Gasteiger partial charge on any atom is -0.325 e. The fourth-order valence-corrected chi connectivity index (χ4v) is 1.83. The highest BCUT2D eigenvalue weighted by atomic mass is 16.2. The number of amides is 2. The lowest BCUT2D eigenvalue weighted by atomic mass is 10.1. The maximum absolute atomic E-state index is 11.2. The molecule has 0 saturated heterocycles. The van der Waals surface area contributed by atoms with Crippen molar-refractivity contribution in [3.8, 4) is 0 Å². The van der Waals surface area contributed by atoms with Gasteiger partial charge in [-0.3, -0.25) is 9.59 Å². The number of carbonyl (C=O) groups is 2. The van der Waals surface area contributed by atoms with Crippen molar-refractivity contribution in [2.24, 2.45) is 0 Å². The van der Waals surface area contributed by atoms with Gasteiger partial charge in [0.05, 0.1) is 11.4 Å². The summed E-state index contributed by atoms with van der Waals surface area (Å²) < 4.78 is 0. The molecule has 0 heterocycles. The molecule has 4 nitrogen and oxygen atoms in total. The Morgan fingerprint density at radius 1 is 0.833 bits per heavy atom. The number of fused-ring (bicyclic) bond motifs is 1. The molecule has 2 amide bonds. The predicted molar refractivity (Wildman–Crippen MR) is 72.6 cm³/mol. The van der Waals surface area contributed by atoms with Gasteiger partial charge in [0.1, 0.15) is 0 Å². The van der Waals surface area contributed by atoms with E-state index < -0.39 is 0 Å². The Balaban J connectivity index is 2.55. The normalized spacial score (nSPS) is 10.1. The van der Waals surface area contributed by atoms with Crippen LogP contribution in [0.15, 0.2) is 36.4 Å². The lowest BCUT2D eigenvalue weighted by molar-refractivity contribution is -0.115. The van der Waals surface area contributed by atoms with Crippen LogP contribution in [-0.4, -0.2) is 11.8 Å². The van der Waals surface area contributed by atoms with E-state index in [2.05, 4.69) is 10.6 Å². The zero-order chi connectivity index (χ0) is 13.1. The van der Waals surface area contributed by atoms with Gasteiger partial charge in [0.2, 0.25) is 11.8 Å². The van der Waals surface area contributed by atoms with E-state index in [-0.39, 0.29) is 11.8 Å². The number of hydrogen-bond acceptors (Lipinski definition) is 2. The highest BCUT2D eigenvalue weighted by Gasteiger charge is 2.07. The van der Waals surface area contributed by atoms with Gasteiger partial charge in [-0.25, -0.2) is 0 Å². The van der Waals surface area contributed by atoms with E-state index in [1.54, 1.807) is 0 Å². The second-order valence-electron chi connectivity index (χ2n) is 4.11. The molecule has 92 valence electrons. The van der Waals surface area contributed by atoms with Crippen LogP contribution in [0.2, 0.25) is 0 Å². The van der Waals surface area contributed by atoms with Crippen molar-refractivity contribution in [2.75, 3.05) is 10.6 Å². The van der Waals surface area contributed by atoms with Gasteiger partial charge >= 0.3 is 0 Å². The molecule has 0 spiro atoms. The van der Waals surface area contributed by atoms with Crippen molar-refractivity contribution in [3.63, 3.8) is 0 Å². The Labute approximate surface area is 105 Å². The lowest BCUT2D eigenvalue weighted by Crippen LogP contribution is -2.12. The Bertz CT molecular complexity index is 566. The Hall–Kier alpha value is -2.36. The van der Waals surface area contributed by atoms with Gasteiger partial charge in [0.15, 0.2) is 0 Å². The van der Waals surface area contributed by atoms with Gasteiger partial charge in [-0.1, -0.05) is 24.3 Å². The third kappa shape index (κ3) is 2.66. The van der Waals surface area contributed by atoms with Crippen LogP contribution >= 0.6 is 0 Å². The third-order valence-electron chi connectivity index (χ3n) is 2.51. The van der Waals surface area contributed by atoms with Crippen LogP contribution < -0.4 is 10.6 Å². The number of carbonyl (C=O) groups excluding carboxylic acids is 2. The van der Waals surface area contributed by atoms with Gasteiger partial charge in [-0.2, -0.15) is 0 Å².